The zero-order valence-corrected chi connectivity index (χ0v) is 23.1. The molecule has 3 aliphatic heterocycles. The average Bonchev–Trinajstić information content (AvgIpc) is 2.98. The molecule has 0 fully saturated rings. The molecule has 4 aromatic carbocycles. The molecule has 0 atom stereocenters. The van der Waals surface area contributed by atoms with Crippen molar-refractivity contribution < 1.29 is 14.3 Å². The molecule has 0 radical (unpaired) electrons. The zero-order valence-electron chi connectivity index (χ0n) is 22.2. The van der Waals surface area contributed by atoms with Gasteiger partial charge in [-0.05, 0) is 66.1 Å². The summed E-state index contributed by atoms with van der Waals surface area (Å²) in [5.74, 6) is 1.27. The lowest BCUT2D eigenvalue weighted by Gasteiger charge is -2.27. The molecular formula is C34H31ClN2O3. The third kappa shape index (κ3) is 4.86. The van der Waals surface area contributed by atoms with Crippen molar-refractivity contribution in [3.63, 3.8) is 0 Å². The second-order valence-electron chi connectivity index (χ2n) is 10.4. The highest BCUT2D eigenvalue weighted by Crippen LogP contribution is 2.41. The number of aryl methyl sites for hydroxylation is 2. The highest BCUT2D eigenvalue weighted by Gasteiger charge is 2.27. The Morgan fingerprint density at radius 3 is 2.60 bits per heavy atom. The summed E-state index contributed by atoms with van der Waals surface area (Å²) in [6.07, 6.45) is 4.82. The maximum absolute atomic E-state index is 13.5. The van der Waals surface area contributed by atoms with E-state index in [2.05, 4.69) is 41.7 Å². The third-order valence-corrected chi connectivity index (χ3v) is 7.85. The Bertz CT molecular complexity index is 1720. The van der Waals surface area contributed by atoms with Crippen molar-refractivity contribution in [2.24, 2.45) is 4.99 Å². The first-order chi connectivity index (χ1) is 19.2. The van der Waals surface area contributed by atoms with Gasteiger partial charge in [-0.3, -0.25) is 4.99 Å². The summed E-state index contributed by atoms with van der Waals surface area (Å²) in [5.41, 5.74) is 8.24. The molecule has 3 heterocycles. The van der Waals surface area contributed by atoms with Crippen LogP contribution >= 0.6 is 12.4 Å². The summed E-state index contributed by atoms with van der Waals surface area (Å²) in [4.78, 5) is 18.2. The van der Waals surface area contributed by atoms with Gasteiger partial charge in [-0.15, -0.1) is 12.4 Å². The van der Waals surface area contributed by atoms with E-state index < -0.39 is 0 Å². The van der Waals surface area contributed by atoms with Gasteiger partial charge in [-0.2, -0.15) is 0 Å². The Kier molecular flexibility index (Phi) is 7.31. The third-order valence-electron chi connectivity index (χ3n) is 7.85. The number of nitrogens with zero attached hydrogens (tertiary/aromatic N) is 1. The summed E-state index contributed by atoms with van der Waals surface area (Å²) >= 11 is 0. The van der Waals surface area contributed by atoms with Gasteiger partial charge in [0.1, 0.15) is 11.5 Å². The van der Waals surface area contributed by atoms with Crippen molar-refractivity contribution in [3.8, 4) is 11.5 Å². The number of halogens is 1. The van der Waals surface area contributed by atoms with E-state index in [1.807, 2.05) is 42.5 Å². The Morgan fingerprint density at radius 2 is 1.70 bits per heavy atom. The van der Waals surface area contributed by atoms with Crippen LogP contribution in [0.25, 0.3) is 5.57 Å². The monoisotopic (exact) mass is 550 g/mol. The van der Waals surface area contributed by atoms with Crippen LogP contribution in [0.4, 0.5) is 5.69 Å². The quantitative estimate of drug-likeness (QED) is 0.282. The number of benzene rings is 4. The number of esters is 1. The number of rotatable bonds is 5. The van der Waals surface area contributed by atoms with Crippen molar-refractivity contribution >= 4 is 29.6 Å². The van der Waals surface area contributed by atoms with Crippen LogP contribution in [0.15, 0.2) is 83.9 Å². The van der Waals surface area contributed by atoms with E-state index in [9.17, 15) is 4.79 Å². The molecule has 0 unspecified atom stereocenters. The van der Waals surface area contributed by atoms with Gasteiger partial charge in [0.15, 0.2) is 0 Å². The van der Waals surface area contributed by atoms with Gasteiger partial charge in [-0.1, -0.05) is 48.5 Å². The molecule has 0 saturated carbocycles. The number of anilines is 1. The predicted octanol–water partition coefficient (Wildman–Crippen LogP) is 5.78. The average molecular weight is 551 g/mol. The summed E-state index contributed by atoms with van der Waals surface area (Å²) in [7, 11) is 0. The maximum Gasteiger partial charge on any atom is 0.338 e. The fourth-order valence-electron chi connectivity index (χ4n) is 5.90. The summed E-state index contributed by atoms with van der Waals surface area (Å²) < 4.78 is 12.4. The number of nitrogens with one attached hydrogen (secondary N) is 1. The van der Waals surface area contributed by atoms with Crippen molar-refractivity contribution in [1.82, 2.24) is 0 Å². The van der Waals surface area contributed by atoms with Gasteiger partial charge in [-0.25, -0.2) is 4.79 Å². The molecule has 0 aromatic heterocycles. The number of carbonyl (C=O) groups is 1. The molecule has 1 N–H and O–H groups in total. The van der Waals surface area contributed by atoms with E-state index in [0.717, 1.165) is 88.8 Å². The lowest BCUT2D eigenvalue weighted by Crippen LogP contribution is -2.26. The molecule has 7 rings (SSSR count). The van der Waals surface area contributed by atoms with Crippen LogP contribution < -0.4 is 20.6 Å². The lowest BCUT2D eigenvalue weighted by atomic mass is 9.87. The van der Waals surface area contributed by atoms with Gasteiger partial charge >= 0.3 is 5.97 Å². The van der Waals surface area contributed by atoms with Crippen LogP contribution in [0, 0.1) is 0 Å². The van der Waals surface area contributed by atoms with Crippen LogP contribution in [0.2, 0.25) is 0 Å². The lowest BCUT2D eigenvalue weighted by molar-refractivity contribution is 0.0509. The Hall–Kier alpha value is -4.09. The number of ether oxygens (including phenoxy) is 2. The minimum absolute atomic E-state index is 0. The standard InChI is InChI=1S/C34H30N2O3.ClH/c37-34(38-17-14-22-8-2-1-3-9-22)26-13-5-4-12-25(26)33-27-18-23-10-6-15-35-29(23)20-31(27)39-32-21-30-24(19-28(32)33)11-7-16-36-30;/h1-5,8-9,12-13,18-21,35H,6-7,10-11,14-17H2;1H. The van der Waals surface area contributed by atoms with Crippen LogP contribution in [-0.2, 0) is 24.0 Å². The number of fused-ring (bicyclic) bond motifs is 4. The number of carbonyl (C=O) groups excluding carboxylic acids is 1. The normalized spacial score (nSPS) is 14.6. The summed E-state index contributed by atoms with van der Waals surface area (Å²) in [6, 6.07) is 26.6. The second-order valence-corrected chi connectivity index (χ2v) is 10.4. The fourth-order valence-corrected chi connectivity index (χ4v) is 5.90. The van der Waals surface area contributed by atoms with Crippen LogP contribution in [-0.4, -0.2) is 25.7 Å². The Labute approximate surface area is 240 Å². The Morgan fingerprint density at radius 1 is 0.875 bits per heavy atom. The predicted molar refractivity (Wildman–Crippen MR) is 159 cm³/mol. The summed E-state index contributed by atoms with van der Waals surface area (Å²) in [5, 5.41) is 5.54. The van der Waals surface area contributed by atoms with Crippen LogP contribution in [0.5, 0.6) is 11.5 Å². The van der Waals surface area contributed by atoms with Crippen molar-refractivity contribution in [1.29, 1.82) is 0 Å². The van der Waals surface area contributed by atoms with Gasteiger partial charge in [0.2, 0.25) is 0 Å². The molecule has 0 spiro atoms. The number of hydrogen-bond acceptors (Lipinski definition) is 5. The molecule has 40 heavy (non-hydrogen) atoms. The molecule has 4 aromatic rings. The topological polar surface area (TPSA) is 59.9 Å². The highest BCUT2D eigenvalue weighted by atomic mass is 35.5. The summed E-state index contributed by atoms with van der Waals surface area (Å²) in [6.45, 7) is 2.13. The van der Waals surface area contributed by atoms with E-state index >= 15 is 0 Å². The van der Waals surface area contributed by atoms with Gasteiger partial charge in [0, 0.05) is 53.7 Å². The highest BCUT2D eigenvalue weighted by molar-refractivity contribution is 5.99. The molecule has 0 aliphatic carbocycles. The van der Waals surface area contributed by atoms with E-state index in [0.29, 0.717) is 18.6 Å². The molecule has 0 saturated heterocycles. The molecule has 0 amide bonds. The van der Waals surface area contributed by atoms with E-state index in [1.54, 1.807) is 0 Å². The van der Waals surface area contributed by atoms with E-state index in [4.69, 9.17) is 14.5 Å². The smallest absolute Gasteiger partial charge is 0.338 e. The van der Waals surface area contributed by atoms with E-state index in [1.165, 1.54) is 11.1 Å². The van der Waals surface area contributed by atoms with Crippen molar-refractivity contribution in [2.45, 2.75) is 32.1 Å². The molecule has 0 bridgehead atoms. The molecule has 202 valence electrons. The number of hydrogen-bond donors (Lipinski definition) is 1. The minimum atomic E-state index is -0.309. The van der Waals surface area contributed by atoms with Gasteiger partial charge in [0.25, 0.3) is 0 Å². The van der Waals surface area contributed by atoms with Crippen molar-refractivity contribution in [2.75, 3.05) is 25.0 Å². The molecule has 5 nitrogen and oxygen atoms in total. The first-order valence-corrected chi connectivity index (χ1v) is 13.9. The fraction of sp³-hybridized carbons (Fsp3) is 0.235. The zero-order chi connectivity index (χ0) is 26.2. The first-order valence-electron chi connectivity index (χ1n) is 13.9. The van der Waals surface area contributed by atoms with Gasteiger partial charge < -0.3 is 14.8 Å². The van der Waals surface area contributed by atoms with Crippen LogP contribution in [0.3, 0.4) is 0 Å². The molecular weight excluding hydrogens is 520 g/mol. The molecule has 6 heteroatoms. The van der Waals surface area contributed by atoms with Crippen LogP contribution in [0.1, 0.15) is 51.0 Å². The van der Waals surface area contributed by atoms with E-state index in [-0.39, 0.29) is 18.4 Å². The minimum Gasteiger partial charge on any atom is -0.462 e. The van der Waals surface area contributed by atoms with Crippen molar-refractivity contribution in [3.05, 3.63) is 123 Å². The SMILES string of the molecule is Cl.O=C(OCCc1ccccc1)c1ccccc1C1=c2cc3c(cc2Oc2cc4c(cc21)CCCN4)=NCCC3. The molecule has 3 aliphatic rings. The van der Waals surface area contributed by atoms with Gasteiger partial charge in [0.05, 0.1) is 17.5 Å². The maximum atomic E-state index is 13.5. The Balaban J connectivity index is 0.00000289. The largest absolute Gasteiger partial charge is 0.462 e. The second kappa shape index (κ2) is 11.2. The first kappa shape index (κ1) is 26.1.